The van der Waals surface area contributed by atoms with E-state index in [1.807, 2.05) is 6.07 Å². The second-order valence-corrected chi connectivity index (χ2v) is 6.43. The first-order chi connectivity index (χ1) is 10.3. The molecule has 1 fully saturated rings. The first-order valence-electron chi connectivity index (χ1n) is 7.55. The number of rotatable bonds is 5. The number of aromatic nitrogens is 2. The molecular formula is C16H21N3OS. The summed E-state index contributed by atoms with van der Waals surface area (Å²) < 4.78 is 5.89. The fraction of sp³-hybridized carbons (Fsp3) is 0.500. The Morgan fingerprint density at radius 2 is 2.10 bits per heavy atom. The van der Waals surface area contributed by atoms with Crippen LogP contribution >= 0.6 is 11.3 Å². The van der Waals surface area contributed by atoms with E-state index in [4.69, 9.17) is 4.74 Å². The zero-order valence-corrected chi connectivity index (χ0v) is 13.3. The van der Waals surface area contributed by atoms with E-state index in [2.05, 4.69) is 53.6 Å². The molecule has 0 saturated carbocycles. The van der Waals surface area contributed by atoms with Crippen LogP contribution in [0.5, 0.6) is 0 Å². The lowest BCUT2D eigenvalue weighted by molar-refractivity contribution is 0.0550. The van der Waals surface area contributed by atoms with Crippen LogP contribution in [0.4, 0.5) is 0 Å². The number of benzene rings is 1. The van der Waals surface area contributed by atoms with Crippen molar-refractivity contribution in [3.05, 3.63) is 45.9 Å². The molecule has 1 aliphatic rings. The van der Waals surface area contributed by atoms with Crippen molar-refractivity contribution >= 4 is 11.3 Å². The highest BCUT2D eigenvalue weighted by molar-refractivity contribution is 7.11. The Labute approximate surface area is 129 Å². The van der Waals surface area contributed by atoms with Crippen molar-refractivity contribution < 1.29 is 4.74 Å². The molecule has 4 nitrogen and oxygen atoms in total. The first kappa shape index (κ1) is 14.6. The highest BCUT2D eigenvalue weighted by Gasteiger charge is 2.28. The van der Waals surface area contributed by atoms with E-state index in [-0.39, 0.29) is 12.1 Å². The Kier molecular flexibility index (Phi) is 4.63. The molecule has 0 aliphatic carbocycles. The number of nitrogens with zero attached hydrogens (tertiary/aromatic N) is 2. The maximum absolute atomic E-state index is 5.89. The van der Waals surface area contributed by atoms with Crippen molar-refractivity contribution in [3.8, 4) is 0 Å². The zero-order chi connectivity index (χ0) is 14.7. The quantitative estimate of drug-likeness (QED) is 0.918. The van der Waals surface area contributed by atoms with Crippen LogP contribution in [-0.2, 0) is 4.74 Å². The van der Waals surface area contributed by atoms with Crippen molar-refractivity contribution in [3.63, 3.8) is 0 Å². The van der Waals surface area contributed by atoms with Crippen LogP contribution in [0.3, 0.4) is 0 Å². The number of hydrogen-bond acceptors (Lipinski definition) is 5. The van der Waals surface area contributed by atoms with E-state index in [1.54, 1.807) is 11.3 Å². The molecule has 3 unspecified atom stereocenters. The summed E-state index contributed by atoms with van der Waals surface area (Å²) in [6.07, 6.45) is 2.62. The molecule has 2 aromatic rings. The molecule has 1 aromatic heterocycles. The second kappa shape index (κ2) is 6.64. The monoisotopic (exact) mass is 303 g/mol. The standard InChI is InChI=1S/C16H21N3OS/c1-3-17-14(12-7-5-4-6-8-12)16-19-18-15(21-16)13-10-9-11(2)20-13/h4-8,11,13-14,17H,3,9-10H2,1-2H3. The van der Waals surface area contributed by atoms with Crippen LogP contribution < -0.4 is 5.32 Å². The molecule has 5 heteroatoms. The normalized spacial score (nSPS) is 23.3. The lowest BCUT2D eigenvalue weighted by Crippen LogP contribution is -2.21. The maximum Gasteiger partial charge on any atom is 0.146 e. The van der Waals surface area contributed by atoms with E-state index >= 15 is 0 Å². The highest BCUT2D eigenvalue weighted by atomic mass is 32.1. The Morgan fingerprint density at radius 3 is 2.76 bits per heavy atom. The summed E-state index contributed by atoms with van der Waals surface area (Å²) >= 11 is 1.67. The topological polar surface area (TPSA) is 47.0 Å². The first-order valence-corrected chi connectivity index (χ1v) is 8.36. The number of nitrogens with one attached hydrogen (secondary N) is 1. The van der Waals surface area contributed by atoms with Gasteiger partial charge in [0.1, 0.15) is 16.1 Å². The van der Waals surface area contributed by atoms with Gasteiger partial charge in [0, 0.05) is 0 Å². The van der Waals surface area contributed by atoms with E-state index < -0.39 is 0 Å². The summed E-state index contributed by atoms with van der Waals surface area (Å²) in [7, 11) is 0. The lowest BCUT2D eigenvalue weighted by Gasteiger charge is -2.15. The van der Waals surface area contributed by atoms with Crippen molar-refractivity contribution in [2.45, 2.75) is 44.9 Å². The van der Waals surface area contributed by atoms with Crippen LogP contribution in [-0.4, -0.2) is 22.8 Å². The van der Waals surface area contributed by atoms with Crippen LogP contribution in [0.15, 0.2) is 30.3 Å². The van der Waals surface area contributed by atoms with Gasteiger partial charge in [0.05, 0.1) is 12.1 Å². The molecule has 3 rings (SSSR count). The predicted molar refractivity (Wildman–Crippen MR) is 84.4 cm³/mol. The van der Waals surface area contributed by atoms with Crippen LogP contribution in [0.1, 0.15) is 54.4 Å². The Hall–Kier alpha value is -1.30. The van der Waals surface area contributed by atoms with Gasteiger partial charge in [-0.2, -0.15) is 0 Å². The third-order valence-electron chi connectivity index (χ3n) is 3.75. The summed E-state index contributed by atoms with van der Waals surface area (Å²) in [4.78, 5) is 0. The fourth-order valence-electron chi connectivity index (χ4n) is 2.67. The Bertz CT molecular complexity index is 572. The SMILES string of the molecule is CCNC(c1ccccc1)c1nnc(C2CCC(C)O2)s1. The molecule has 1 aromatic carbocycles. The fourth-order valence-corrected chi connectivity index (χ4v) is 3.69. The average molecular weight is 303 g/mol. The molecule has 1 saturated heterocycles. The van der Waals surface area contributed by atoms with Gasteiger partial charge in [0.25, 0.3) is 0 Å². The minimum absolute atomic E-state index is 0.112. The van der Waals surface area contributed by atoms with Crippen LogP contribution in [0, 0.1) is 0 Å². The molecule has 1 aliphatic heterocycles. The Morgan fingerprint density at radius 1 is 1.29 bits per heavy atom. The van der Waals surface area contributed by atoms with Gasteiger partial charge in [-0.1, -0.05) is 48.6 Å². The van der Waals surface area contributed by atoms with Crippen LogP contribution in [0.2, 0.25) is 0 Å². The molecule has 0 bridgehead atoms. The highest BCUT2D eigenvalue weighted by Crippen LogP contribution is 2.35. The minimum Gasteiger partial charge on any atom is -0.368 e. The lowest BCUT2D eigenvalue weighted by atomic mass is 10.1. The molecule has 0 amide bonds. The van der Waals surface area contributed by atoms with Crippen molar-refractivity contribution in [2.75, 3.05) is 6.54 Å². The molecule has 112 valence electrons. The van der Waals surface area contributed by atoms with E-state index in [0.717, 1.165) is 29.4 Å². The zero-order valence-electron chi connectivity index (χ0n) is 12.5. The predicted octanol–water partition coefficient (Wildman–Crippen LogP) is 3.48. The largest absolute Gasteiger partial charge is 0.368 e. The molecule has 3 atom stereocenters. The number of hydrogen-bond donors (Lipinski definition) is 1. The van der Waals surface area contributed by atoms with E-state index in [0.29, 0.717) is 6.10 Å². The molecule has 0 radical (unpaired) electrons. The van der Waals surface area contributed by atoms with Crippen LogP contribution in [0.25, 0.3) is 0 Å². The van der Waals surface area contributed by atoms with Crippen molar-refractivity contribution in [2.24, 2.45) is 0 Å². The summed E-state index contributed by atoms with van der Waals surface area (Å²) in [5.74, 6) is 0. The summed E-state index contributed by atoms with van der Waals surface area (Å²) in [6.45, 7) is 5.12. The van der Waals surface area contributed by atoms with Gasteiger partial charge in [-0.3, -0.25) is 0 Å². The van der Waals surface area contributed by atoms with Gasteiger partial charge >= 0.3 is 0 Å². The molecule has 21 heavy (non-hydrogen) atoms. The smallest absolute Gasteiger partial charge is 0.146 e. The van der Waals surface area contributed by atoms with Gasteiger partial charge in [0.2, 0.25) is 0 Å². The molecule has 0 spiro atoms. The van der Waals surface area contributed by atoms with E-state index in [1.165, 1.54) is 5.56 Å². The van der Waals surface area contributed by atoms with Gasteiger partial charge < -0.3 is 10.1 Å². The average Bonchev–Trinajstić information content (AvgIpc) is 3.14. The van der Waals surface area contributed by atoms with Crippen molar-refractivity contribution in [1.82, 2.24) is 15.5 Å². The maximum atomic E-state index is 5.89. The third kappa shape index (κ3) is 3.31. The molecule has 1 N–H and O–H groups in total. The number of ether oxygens (including phenoxy) is 1. The van der Waals surface area contributed by atoms with Crippen molar-refractivity contribution in [1.29, 1.82) is 0 Å². The molecule has 2 heterocycles. The second-order valence-electron chi connectivity index (χ2n) is 5.39. The summed E-state index contributed by atoms with van der Waals surface area (Å²) in [6, 6.07) is 10.5. The summed E-state index contributed by atoms with van der Waals surface area (Å²) in [5, 5.41) is 14.3. The summed E-state index contributed by atoms with van der Waals surface area (Å²) in [5.41, 5.74) is 1.22. The van der Waals surface area contributed by atoms with Gasteiger partial charge in [0.15, 0.2) is 0 Å². The van der Waals surface area contributed by atoms with Gasteiger partial charge in [-0.15, -0.1) is 10.2 Å². The molecular weight excluding hydrogens is 282 g/mol. The minimum atomic E-state index is 0.112. The third-order valence-corrected chi connectivity index (χ3v) is 4.83. The Balaban J connectivity index is 1.82. The van der Waals surface area contributed by atoms with Gasteiger partial charge in [-0.05, 0) is 31.9 Å². The van der Waals surface area contributed by atoms with E-state index in [9.17, 15) is 0 Å². The van der Waals surface area contributed by atoms with Gasteiger partial charge in [-0.25, -0.2) is 0 Å².